The van der Waals surface area contributed by atoms with E-state index < -0.39 is 11.6 Å². The molecule has 1 saturated carbocycles. The van der Waals surface area contributed by atoms with Crippen molar-refractivity contribution >= 4 is 17.3 Å². The van der Waals surface area contributed by atoms with Crippen molar-refractivity contribution in [2.24, 2.45) is 5.92 Å². The van der Waals surface area contributed by atoms with Crippen molar-refractivity contribution in [1.82, 2.24) is 4.98 Å². The number of hydrogen-bond donors (Lipinski definition) is 1. The third-order valence-corrected chi connectivity index (χ3v) is 4.95. The molecule has 0 radical (unpaired) electrons. The molecule has 4 rings (SSSR count). The average Bonchev–Trinajstić information content (AvgIpc) is 3.23. The van der Waals surface area contributed by atoms with E-state index in [-0.39, 0.29) is 29.1 Å². The van der Waals surface area contributed by atoms with Crippen molar-refractivity contribution in [2.75, 3.05) is 23.3 Å². The Balaban J connectivity index is 1.45. The summed E-state index contributed by atoms with van der Waals surface area (Å²) in [7, 11) is 0. The summed E-state index contributed by atoms with van der Waals surface area (Å²) >= 11 is 0. The van der Waals surface area contributed by atoms with Crippen LogP contribution in [-0.2, 0) is 4.79 Å². The molecular formula is C19H19F2N3O. The summed E-state index contributed by atoms with van der Waals surface area (Å²) in [6.07, 6.45) is 6.05. The van der Waals surface area contributed by atoms with Gasteiger partial charge in [0.15, 0.2) is 11.6 Å². The van der Waals surface area contributed by atoms with Gasteiger partial charge < -0.3 is 10.2 Å². The molecule has 1 aliphatic carbocycles. The van der Waals surface area contributed by atoms with E-state index in [9.17, 15) is 13.6 Å². The maximum atomic E-state index is 14.3. The van der Waals surface area contributed by atoms with Gasteiger partial charge in [0.25, 0.3) is 0 Å². The summed E-state index contributed by atoms with van der Waals surface area (Å²) < 4.78 is 28.7. The van der Waals surface area contributed by atoms with E-state index >= 15 is 0 Å². The van der Waals surface area contributed by atoms with Crippen LogP contribution >= 0.6 is 0 Å². The van der Waals surface area contributed by atoms with Crippen molar-refractivity contribution in [1.29, 1.82) is 0 Å². The van der Waals surface area contributed by atoms with Crippen molar-refractivity contribution < 1.29 is 13.6 Å². The average molecular weight is 343 g/mol. The molecule has 0 spiro atoms. The van der Waals surface area contributed by atoms with Gasteiger partial charge in [-0.2, -0.15) is 0 Å². The van der Waals surface area contributed by atoms with Crippen LogP contribution in [0.2, 0.25) is 0 Å². The van der Waals surface area contributed by atoms with Crippen molar-refractivity contribution in [2.45, 2.75) is 25.2 Å². The third-order valence-electron chi connectivity index (χ3n) is 4.95. The molecule has 0 unspecified atom stereocenters. The molecule has 1 aliphatic heterocycles. The van der Waals surface area contributed by atoms with E-state index in [4.69, 9.17) is 0 Å². The fourth-order valence-corrected chi connectivity index (χ4v) is 3.56. The molecule has 1 amide bonds. The molecule has 25 heavy (non-hydrogen) atoms. The summed E-state index contributed by atoms with van der Waals surface area (Å²) in [4.78, 5) is 18.1. The molecule has 4 nitrogen and oxygen atoms in total. The normalized spacial score (nSPS) is 22.1. The standard InChI is InChI=1S/C19H19F2N3O/c20-16-8-13(9-17(21)18(16)24-6-1-2-7-24)23-19(25)15-10-14(15)12-4-3-5-22-11-12/h3-5,8-9,11,14-15H,1-2,6-7,10H2,(H,23,25)/t14-,15+/m1/s1. The van der Waals surface area contributed by atoms with Crippen LogP contribution in [0, 0.1) is 17.6 Å². The largest absolute Gasteiger partial charge is 0.367 e. The summed E-state index contributed by atoms with van der Waals surface area (Å²) in [5, 5.41) is 2.65. The predicted octanol–water partition coefficient (Wildman–Crippen LogP) is 3.70. The highest BCUT2D eigenvalue weighted by Gasteiger charge is 2.44. The van der Waals surface area contributed by atoms with Crippen molar-refractivity contribution in [3.05, 3.63) is 53.9 Å². The highest BCUT2D eigenvalue weighted by molar-refractivity contribution is 5.95. The zero-order valence-electron chi connectivity index (χ0n) is 13.7. The zero-order valence-corrected chi connectivity index (χ0v) is 13.7. The van der Waals surface area contributed by atoms with E-state index in [1.165, 1.54) is 12.1 Å². The second kappa shape index (κ2) is 6.43. The SMILES string of the molecule is O=C(Nc1cc(F)c(N2CCCC2)c(F)c1)[C@H]1C[C@@H]1c1cccnc1. The van der Waals surface area contributed by atoms with Gasteiger partial charge in [0.1, 0.15) is 5.69 Å². The Morgan fingerprint density at radius 2 is 1.92 bits per heavy atom. The molecule has 1 aromatic carbocycles. The Kier molecular flexibility index (Phi) is 4.11. The second-order valence-electron chi connectivity index (χ2n) is 6.71. The first-order valence-corrected chi connectivity index (χ1v) is 8.58. The minimum atomic E-state index is -0.628. The van der Waals surface area contributed by atoms with E-state index in [0.717, 1.165) is 24.8 Å². The number of pyridine rings is 1. The van der Waals surface area contributed by atoms with Crippen molar-refractivity contribution in [3.63, 3.8) is 0 Å². The maximum Gasteiger partial charge on any atom is 0.228 e. The van der Waals surface area contributed by atoms with E-state index in [1.54, 1.807) is 17.3 Å². The van der Waals surface area contributed by atoms with Gasteiger partial charge in [-0.25, -0.2) is 8.78 Å². The molecule has 2 aromatic rings. The van der Waals surface area contributed by atoms with E-state index in [2.05, 4.69) is 10.3 Å². The van der Waals surface area contributed by atoms with Crippen LogP contribution in [0.4, 0.5) is 20.2 Å². The molecular weight excluding hydrogens is 324 g/mol. The van der Waals surface area contributed by atoms with Crippen LogP contribution in [-0.4, -0.2) is 24.0 Å². The van der Waals surface area contributed by atoms with Gasteiger partial charge in [0.05, 0.1) is 0 Å². The first-order valence-electron chi connectivity index (χ1n) is 8.58. The Morgan fingerprint density at radius 3 is 2.56 bits per heavy atom. The topological polar surface area (TPSA) is 45.2 Å². The lowest BCUT2D eigenvalue weighted by Crippen LogP contribution is -2.21. The van der Waals surface area contributed by atoms with Gasteiger partial charge in [-0.1, -0.05) is 6.07 Å². The number of nitrogens with one attached hydrogen (secondary N) is 1. The lowest BCUT2D eigenvalue weighted by molar-refractivity contribution is -0.117. The van der Waals surface area contributed by atoms with Gasteiger partial charge in [0.2, 0.25) is 5.91 Å². The van der Waals surface area contributed by atoms with Gasteiger partial charge in [-0.15, -0.1) is 0 Å². The van der Waals surface area contributed by atoms with Gasteiger partial charge in [-0.3, -0.25) is 9.78 Å². The van der Waals surface area contributed by atoms with E-state index in [0.29, 0.717) is 13.1 Å². The minimum Gasteiger partial charge on any atom is -0.367 e. The maximum absolute atomic E-state index is 14.3. The molecule has 1 aromatic heterocycles. The number of anilines is 2. The Labute approximate surface area is 144 Å². The zero-order chi connectivity index (χ0) is 17.4. The van der Waals surface area contributed by atoms with Gasteiger partial charge >= 0.3 is 0 Å². The quantitative estimate of drug-likeness (QED) is 0.921. The fourth-order valence-electron chi connectivity index (χ4n) is 3.56. The van der Waals surface area contributed by atoms with Gasteiger partial charge in [-0.05, 0) is 48.9 Å². The number of aromatic nitrogens is 1. The number of nitrogens with zero attached hydrogens (tertiary/aromatic N) is 2. The smallest absolute Gasteiger partial charge is 0.228 e. The highest BCUT2D eigenvalue weighted by atomic mass is 19.1. The monoisotopic (exact) mass is 343 g/mol. The molecule has 2 fully saturated rings. The third kappa shape index (κ3) is 3.21. The lowest BCUT2D eigenvalue weighted by atomic mass is 10.1. The molecule has 1 saturated heterocycles. The van der Waals surface area contributed by atoms with Crippen LogP contribution in [0.1, 0.15) is 30.7 Å². The molecule has 2 atom stereocenters. The second-order valence-corrected chi connectivity index (χ2v) is 6.71. The fraction of sp³-hybridized carbons (Fsp3) is 0.368. The summed E-state index contributed by atoms with van der Waals surface area (Å²) in [6, 6.07) is 6.19. The van der Waals surface area contributed by atoms with Crippen LogP contribution in [0.5, 0.6) is 0 Å². The molecule has 2 heterocycles. The summed E-state index contributed by atoms with van der Waals surface area (Å²) in [5.74, 6) is -1.50. The van der Waals surface area contributed by atoms with Gasteiger partial charge in [0, 0.05) is 37.1 Å². The molecule has 6 heteroatoms. The highest BCUT2D eigenvalue weighted by Crippen LogP contribution is 2.47. The number of halogens is 2. The van der Waals surface area contributed by atoms with E-state index in [1.807, 2.05) is 12.1 Å². The van der Waals surface area contributed by atoms with Crippen LogP contribution < -0.4 is 10.2 Å². The Hall–Kier alpha value is -2.50. The van der Waals surface area contributed by atoms with Crippen LogP contribution in [0.3, 0.4) is 0 Å². The Morgan fingerprint density at radius 1 is 1.20 bits per heavy atom. The predicted molar refractivity (Wildman–Crippen MR) is 91.5 cm³/mol. The number of amides is 1. The first-order chi connectivity index (χ1) is 12.1. The first kappa shape index (κ1) is 16.0. The van der Waals surface area contributed by atoms with Crippen LogP contribution in [0.15, 0.2) is 36.7 Å². The van der Waals surface area contributed by atoms with Crippen molar-refractivity contribution in [3.8, 4) is 0 Å². The summed E-state index contributed by atoms with van der Waals surface area (Å²) in [5.41, 5.74) is 1.19. The minimum absolute atomic E-state index is 0.00940. The van der Waals surface area contributed by atoms with Crippen LogP contribution in [0.25, 0.3) is 0 Å². The molecule has 130 valence electrons. The summed E-state index contributed by atoms with van der Waals surface area (Å²) in [6.45, 7) is 1.32. The molecule has 0 bridgehead atoms. The molecule has 1 N–H and O–H groups in total. The number of carbonyl (C=O) groups is 1. The molecule has 2 aliphatic rings. The number of carbonyl (C=O) groups excluding carboxylic acids is 1. The Bertz CT molecular complexity index is 768. The number of hydrogen-bond acceptors (Lipinski definition) is 3. The number of benzene rings is 1. The number of rotatable bonds is 4. The lowest BCUT2D eigenvalue weighted by Gasteiger charge is -2.19.